The molecule has 0 heterocycles. The first-order valence-electron chi connectivity index (χ1n) is 8.37. The maximum absolute atomic E-state index is 12.5. The molecule has 0 bridgehead atoms. The number of hydrogen-bond donors (Lipinski definition) is 2. The van der Waals surface area contributed by atoms with Crippen molar-refractivity contribution >= 4 is 11.9 Å². The van der Waals surface area contributed by atoms with Crippen molar-refractivity contribution in [1.29, 1.82) is 0 Å². The molecule has 0 saturated heterocycles. The van der Waals surface area contributed by atoms with Gasteiger partial charge in [-0.15, -0.1) is 6.58 Å². The Hall–Kier alpha value is -2.92. The Bertz CT molecular complexity index is 826. The van der Waals surface area contributed by atoms with Gasteiger partial charge in [0.05, 0.1) is 0 Å². The van der Waals surface area contributed by atoms with Crippen molar-refractivity contribution in [2.45, 2.75) is 18.4 Å². The van der Waals surface area contributed by atoms with E-state index in [-0.39, 0.29) is 12.5 Å². The topological polar surface area (TPSA) is 89.6 Å². The highest BCUT2D eigenvalue weighted by molar-refractivity contribution is 5.88. The van der Waals surface area contributed by atoms with E-state index >= 15 is 0 Å². The van der Waals surface area contributed by atoms with E-state index in [1.807, 2.05) is 48.5 Å². The number of hydrogen-bond acceptors (Lipinski definition) is 4. The van der Waals surface area contributed by atoms with E-state index in [4.69, 9.17) is 10.5 Å². The highest BCUT2D eigenvalue weighted by Crippen LogP contribution is 2.44. The van der Waals surface area contributed by atoms with Gasteiger partial charge < -0.3 is 15.6 Å². The number of aliphatic carboxylic acids is 1. The lowest BCUT2D eigenvalue weighted by Gasteiger charge is -2.26. The molecule has 1 aliphatic carbocycles. The maximum Gasteiger partial charge on any atom is 0.324 e. The van der Waals surface area contributed by atoms with Crippen LogP contribution in [0.1, 0.15) is 24.0 Å². The van der Waals surface area contributed by atoms with Gasteiger partial charge in [-0.05, 0) is 29.2 Å². The quantitative estimate of drug-likeness (QED) is 0.617. The van der Waals surface area contributed by atoms with Crippen molar-refractivity contribution in [3.05, 3.63) is 72.3 Å². The summed E-state index contributed by atoms with van der Waals surface area (Å²) in [5.41, 5.74) is 8.43. The molecule has 3 N–H and O–H groups in total. The van der Waals surface area contributed by atoms with Crippen molar-refractivity contribution in [2.75, 3.05) is 6.61 Å². The summed E-state index contributed by atoms with van der Waals surface area (Å²) < 4.78 is 5.48. The fourth-order valence-corrected chi connectivity index (χ4v) is 3.41. The average Bonchev–Trinajstić information content (AvgIpc) is 2.94. The van der Waals surface area contributed by atoms with Crippen LogP contribution in [0.15, 0.2) is 61.2 Å². The SMILES string of the molecule is C=CC(C(=O)OCC1c2ccccc2-c2ccccc21)[C@@](C)(N)C(=O)O. The Balaban J connectivity index is 1.83. The van der Waals surface area contributed by atoms with Crippen LogP contribution in [-0.4, -0.2) is 29.2 Å². The van der Waals surface area contributed by atoms with Gasteiger partial charge >= 0.3 is 11.9 Å². The summed E-state index contributed by atoms with van der Waals surface area (Å²) in [7, 11) is 0. The Morgan fingerprint density at radius 1 is 1.19 bits per heavy atom. The molecule has 0 fully saturated rings. The third kappa shape index (κ3) is 2.91. The fourth-order valence-electron chi connectivity index (χ4n) is 3.41. The van der Waals surface area contributed by atoms with Crippen LogP contribution in [0.4, 0.5) is 0 Å². The minimum absolute atomic E-state index is 0.0920. The lowest BCUT2D eigenvalue weighted by atomic mass is 9.86. The number of rotatable bonds is 6. The zero-order valence-electron chi connectivity index (χ0n) is 14.5. The van der Waals surface area contributed by atoms with E-state index in [1.165, 1.54) is 13.0 Å². The highest BCUT2D eigenvalue weighted by Gasteiger charge is 2.42. The molecule has 0 aliphatic heterocycles. The minimum Gasteiger partial charge on any atom is -0.480 e. The molecule has 1 unspecified atom stereocenters. The number of esters is 1. The first kappa shape index (κ1) is 17.9. The van der Waals surface area contributed by atoms with Crippen LogP contribution >= 0.6 is 0 Å². The highest BCUT2D eigenvalue weighted by atomic mass is 16.5. The van der Waals surface area contributed by atoms with Gasteiger partial charge in [-0.25, -0.2) is 0 Å². The summed E-state index contributed by atoms with van der Waals surface area (Å²) in [5.74, 6) is -3.19. The van der Waals surface area contributed by atoms with E-state index in [9.17, 15) is 14.7 Å². The Labute approximate surface area is 152 Å². The molecule has 5 nitrogen and oxygen atoms in total. The van der Waals surface area contributed by atoms with Crippen molar-refractivity contribution in [1.82, 2.24) is 0 Å². The van der Waals surface area contributed by atoms with Gasteiger partial charge in [-0.2, -0.15) is 0 Å². The largest absolute Gasteiger partial charge is 0.480 e. The second-order valence-electron chi connectivity index (χ2n) is 6.66. The smallest absolute Gasteiger partial charge is 0.324 e. The number of carboxylic acids is 1. The fraction of sp³-hybridized carbons (Fsp3) is 0.238. The molecule has 0 saturated carbocycles. The number of carbonyl (C=O) groups excluding carboxylic acids is 1. The number of carbonyl (C=O) groups is 2. The number of carboxylic acid groups (broad SMARTS) is 1. The first-order valence-corrected chi connectivity index (χ1v) is 8.37. The van der Waals surface area contributed by atoms with Crippen LogP contribution in [0.3, 0.4) is 0 Å². The molecule has 0 aromatic heterocycles. The summed E-state index contributed by atoms with van der Waals surface area (Å²) in [6.45, 7) is 4.94. The maximum atomic E-state index is 12.5. The van der Waals surface area contributed by atoms with Crippen LogP contribution in [0.2, 0.25) is 0 Å². The number of benzene rings is 2. The van der Waals surface area contributed by atoms with Crippen molar-refractivity contribution < 1.29 is 19.4 Å². The van der Waals surface area contributed by atoms with E-state index in [0.717, 1.165) is 22.3 Å². The van der Waals surface area contributed by atoms with E-state index < -0.39 is 23.4 Å². The summed E-state index contributed by atoms with van der Waals surface area (Å²) in [4.78, 5) is 23.8. The van der Waals surface area contributed by atoms with E-state index in [2.05, 4.69) is 6.58 Å². The molecule has 1 aliphatic rings. The zero-order chi connectivity index (χ0) is 18.9. The molecule has 26 heavy (non-hydrogen) atoms. The molecule has 3 rings (SSSR count). The Morgan fingerprint density at radius 2 is 1.69 bits per heavy atom. The summed E-state index contributed by atoms with van der Waals surface area (Å²) >= 11 is 0. The average molecular weight is 351 g/mol. The third-order valence-electron chi connectivity index (χ3n) is 4.95. The molecular formula is C21H21NO4. The van der Waals surface area contributed by atoms with E-state index in [1.54, 1.807) is 0 Å². The monoisotopic (exact) mass is 351 g/mol. The van der Waals surface area contributed by atoms with Gasteiger partial charge in [0.1, 0.15) is 18.1 Å². The molecule has 2 aromatic carbocycles. The van der Waals surface area contributed by atoms with Crippen molar-refractivity contribution in [3.8, 4) is 11.1 Å². The van der Waals surface area contributed by atoms with Gasteiger partial charge in [-0.1, -0.05) is 54.6 Å². The first-order chi connectivity index (χ1) is 12.4. The second kappa shape index (κ2) is 6.77. The minimum atomic E-state index is -1.77. The molecule has 5 heteroatoms. The molecule has 0 spiro atoms. The second-order valence-corrected chi connectivity index (χ2v) is 6.66. The van der Waals surface area contributed by atoms with Gasteiger partial charge in [0.15, 0.2) is 0 Å². The molecule has 2 aromatic rings. The predicted molar refractivity (Wildman–Crippen MR) is 98.6 cm³/mol. The van der Waals surface area contributed by atoms with Crippen molar-refractivity contribution in [3.63, 3.8) is 0 Å². The van der Waals surface area contributed by atoms with E-state index in [0.29, 0.717) is 0 Å². The summed E-state index contributed by atoms with van der Waals surface area (Å²) in [5, 5.41) is 9.25. The van der Waals surface area contributed by atoms with Crippen LogP contribution in [0.5, 0.6) is 0 Å². The predicted octanol–water partition coefficient (Wildman–Crippen LogP) is 2.95. The zero-order valence-corrected chi connectivity index (χ0v) is 14.5. The van der Waals surface area contributed by atoms with Crippen LogP contribution in [-0.2, 0) is 14.3 Å². The lowest BCUT2D eigenvalue weighted by Crippen LogP contribution is -2.54. The number of ether oxygens (including phenoxy) is 1. The summed E-state index contributed by atoms with van der Waals surface area (Å²) in [6.07, 6.45) is 1.23. The third-order valence-corrected chi connectivity index (χ3v) is 4.95. The van der Waals surface area contributed by atoms with Gasteiger partial charge in [0, 0.05) is 5.92 Å². The lowest BCUT2D eigenvalue weighted by molar-refractivity contribution is -0.156. The van der Waals surface area contributed by atoms with Crippen molar-refractivity contribution in [2.24, 2.45) is 11.7 Å². The van der Waals surface area contributed by atoms with Crippen LogP contribution in [0, 0.1) is 5.92 Å². The number of fused-ring (bicyclic) bond motifs is 3. The van der Waals surface area contributed by atoms with Crippen LogP contribution < -0.4 is 5.73 Å². The van der Waals surface area contributed by atoms with Crippen LogP contribution in [0.25, 0.3) is 11.1 Å². The molecule has 2 atom stereocenters. The molecular weight excluding hydrogens is 330 g/mol. The summed E-state index contributed by atoms with van der Waals surface area (Å²) in [6, 6.07) is 16.0. The molecule has 0 radical (unpaired) electrons. The molecule has 0 amide bonds. The standard InChI is InChI=1S/C21H21NO4/c1-3-18(21(2,22)20(24)25)19(23)26-12-17-15-10-6-4-8-13(15)14-9-5-7-11-16(14)17/h3-11,17-18H,1,12,22H2,2H3,(H,24,25)/t18?,21-/m1/s1. The normalized spacial score (nSPS) is 16.1. The Morgan fingerprint density at radius 3 is 2.15 bits per heavy atom. The van der Waals surface area contributed by atoms with Gasteiger partial charge in [0.2, 0.25) is 0 Å². The number of nitrogens with two attached hydrogens (primary N) is 1. The Kier molecular flexibility index (Phi) is 4.66. The molecule has 134 valence electrons. The van der Waals surface area contributed by atoms with Gasteiger partial charge in [-0.3, -0.25) is 9.59 Å². The van der Waals surface area contributed by atoms with Gasteiger partial charge in [0.25, 0.3) is 0 Å².